The maximum atomic E-state index is 13.7. The van der Waals surface area contributed by atoms with Crippen molar-refractivity contribution >= 4 is 0 Å². The van der Waals surface area contributed by atoms with E-state index in [0.717, 1.165) is 12.1 Å². The first kappa shape index (κ1) is 15.5. The lowest BCUT2D eigenvalue weighted by atomic mass is 10.0. The molecule has 0 aliphatic heterocycles. The number of nitrogens with one attached hydrogen (secondary N) is 1. The highest BCUT2D eigenvalue weighted by Crippen LogP contribution is 2.22. The zero-order valence-electron chi connectivity index (χ0n) is 13.0. The summed E-state index contributed by atoms with van der Waals surface area (Å²) in [7, 11) is 1.47. The summed E-state index contributed by atoms with van der Waals surface area (Å²) >= 11 is 0. The first-order valence-electron chi connectivity index (χ1n) is 7.14. The molecule has 2 nitrogen and oxygen atoms in total. The van der Waals surface area contributed by atoms with Crippen molar-refractivity contribution < 1.29 is 9.13 Å². The van der Waals surface area contributed by atoms with Crippen LogP contribution in [-0.2, 0) is 6.54 Å². The van der Waals surface area contributed by atoms with Gasteiger partial charge in [-0.05, 0) is 49.6 Å². The molecular formula is C18H22FNO. The van der Waals surface area contributed by atoms with E-state index in [1.807, 2.05) is 13.0 Å². The van der Waals surface area contributed by atoms with E-state index < -0.39 is 0 Å². The molecule has 2 rings (SSSR count). The van der Waals surface area contributed by atoms with Gasteiger partial charge in [0.15, 0.2) is 11.6 Å². The van der Waals surface area contributed by atoms with Gasteiger partial charge in [-0.3, -0.25) is 0 Å². The number of aryl methyl sites for hydroxylation is 2. The summed E-state index contributed by atoms with van der Waals surface area (Å²) in [5.74, 6) is -0.0458. The Kier molecular flexibility index (Phi) is 4.97. The van der Waals surface area contributed by atoms with Crippen LogP contribution in [-0.4, -0.2) is 7.11 Å². The molecule has 112 valence electrons. The second-order valence-corrected chi connectivity index (χ2v) is 5.43. The maximum Gasteiger partial charge on any atom is 0.165 e. The quantitative estimate of drug-likeness (QED) is 0.885. The zero-order chi connectivity index (χ0) is 15.4. The SMILES string of the molecule is COc1ccc(C(C)NCc2ccc(C)cc2C)cc1F. The number of hydrogen-bond donors (Lipinski definition) is 1. The molecule has 1 N–H and O–H groups in total. The van der Waals surface area contributed by atoms with Crippen molar-refractivity contribution in [2.75, 3.05) is 7.11 Å². The van der Waals surface area contributed by atoms with E-state index in [1.165, 1.54) is 29.9 Å². The molecule has 1 atom stereocenters. The summed E-state index contributed by atoms with van der Waals surface area (Å²) in [6.07, 6.45) is 0. The average molecular weight is 287 g/mol. The van der Waals surface area contributed by atoms with Crippen LogP contribution in [0.4, 0.5) is 4.39 Å². The highest BCUT2D eigenvalue weighted by molar-refractivity contribution is 5.32. The fraction of sp³-hybridized carbons (Fsp3) is 0.333. The second-order valence-electron chi connectivity index (χ2n) is 5.43. The van der Waals surface area contributed by atoms with E-state index in [1.54, 1.807) is 6.07 Å². The molecule has 3 heteroatoms. The van der Waals surface area contributed by atoms with E-state index in [9.17, 15) is 4.39 Å². The molecule has 0 heterocycles. The summed E-state index contributed by atoms with van der Waals surface area (Å²) in [5.41, 5.74) is 4.72. The van der Waals surface area contributed by atoms with Gasteiger partial charge >= 0.3 is 0 Å². The van der Waals surface area contributed by atoms with Crippen molar-refractivity contribution in [1.29, 1.82) is 0 Å². The molecule has 0 spiro atoms. The number of rotatable bonds is 5. The zero-order valence-corrected chi connectivity index (χ0v) is 13.0. The number of hydrogen-bond acceptors (Lipinski definition) is 2. The van der Waals surface area contributed by atoms with Crippen molar-refractivity contribution in [2.45, 2.75) is 33.4 Å². The summed E-state index contributed by atoms with van der Waals surface area (Å²) < 4.78 is 18.7. The standard InChI is InChI=1S/C18H22FNO/c1-12-5-6-16(13(2)9-12)11-20-14(3)15-7-8-18(21-4)17(19)10-15/h5-10,14,20H,11H2,1-4H3. The monoisotopic (exact) mass is 287 g/mol. The predicted octanol–water partition coefficient (Wildman–Crippen LogP) is 4.30. The maximum absolute atomic E-state index is 13.7. The van der Waals surface area contributed by atoms with Crippen LogP contribution in [0, 0.1) is 19.7 Å². The number of ether oxygens (including phenoxy) is 1. The van der Waals surface area contributed by atoms with Crippen molar-refractivity contribution in [3.63, 3.8) is 0 Å². The number of benzene rings is 2. The van der Waals surface area contributed by atoms with Crippen LogP contribution in [0.1, 0.15) is 35.2 Å². The summed E-state index contributed by atoms with van der Waals surface area (Å²) in [6, 6.07) is 11.6. The summed E-state index contributed by atoms with van der Waals surface area (Å²) in [5, 5.41) is 3.43. The molecule has 0 aliphatic rings. The van der Waals surface area contributed by atoms with Crippen LogP contribution in [0.25, 0.3) is 0 Å². The van der Waals surface area contributed by atoms with Gasteiger partial charge < -0.3 is 10.1 Å². The van der Waals surface area contributed by atoms with Crippen LogP contribution in [0.3, 0.4) is 0 Å². The number of halogens is 1. The van der Waals surface area contributed by atoms with Gasteiger partial charge in [-0.2, -0.15) is 0 Å². The lowest BCUT2D eigenvalue weighted by molar-refractivity contribution is 0.385. The Hall–Kier alpha value is -1.87. The van der Waals surface area contributed by atoms with Gasteiger partial charge in [-0.15, -0.1) is 0 Å². The van der Waals surface area contributed by atoms with Gasteiger partial charge in [-0.1, -0.05) is 29.8 Å². The molecule has 0 aromatic heterocycles. The largest absolute Gasteiger partial charge is 0.494 e. The Labute approximate surface area is 126 Å². The van der Waals surface area contributed by atoms with Crippen molar-refractivity contribution in [1.82, 2.24) is 5.32 Å². The fourth-order valence-electron chi connectivity index (χ4n) is 2.38. The Bertz CT molecular complexity index is 625. The van der Waals surface area contributed by atoms with Crippen molar-refractivity contribution in [3.05, 3.63) is 64.5 Å². The Balaban J connectivity index is 2.04. The van der Waals surface area contributed by atoms with E-state index in [0.29, 0.717) is 0 Å². The lowest BCUT2D eigenvalue weighted by Gasteiger charge is -2.16. The third-order valence-electron chi connectivity index (χ3n) is 3.77. The molecule has 0 saturated heterocycles. The van der Waals surface area contributed by atoms with Crippen molar-refractivity contribution in [3.8, 4) is 5.75 Å². The first-order chi connectivity index (χ1) is 10.0. The number of methoxy groups -OCH3 is 1. The van der Waals surface area contributed by atoms with Gasteiger partial charge in [0.25, 0.3) is 0 Å². The van der Waals surface area contributed by atoms with Gasteiger partial charge in [0.1, 0.15) is 0 Å². The highest BCUT2D eigenvalue weighted by Gasteiger charge is 2.09. The van der Waals surface area contributed by atoms with Crippen LogP contribution in [0.5, 0.6) is 5.75 Å². The van der Waals surface area contributed by atoms with Gasteiger partial charge in [0.2, 0.25) is 0 Å². The topological polar surface area (TPSA) is 21.3 Å². The molecule has 0 bridgehead atoms. The Morgan fingerprint density at radius 1 is 1.14 bits per heavy atom. The van der Waals surface area contributed by atoms with Gasteiger partial charge in [0.05, 0.1) is 7.11 Å². The van der Waals surface area contributed by atoms with E-state index in [4.69, 9.17) is 4.74 Å². The molecule has 21 heavy (non-hydrogen) atoms. The Morgan fingerprint density at radius 2 is 1.90 bits per heavy atom. The average Bonchev–Trinajstić information content (AvgIpc) is 2.46. The second kappa shape index (κ2) is 6.72. The molecular weight excluding hydrogens is 265 g/mol. The smallest absolute Gasteiger partial charge is 0.165 e. The molecule has 0 radical (unpaired) electrons. The van der Waals surface area contributed by atoms with Crippen LogP contribution < -0.4 is 10.1 Å². The van der Waals surface area contributed by atoms with E-state index in [2.05, 4.69) is 37.4 Å². The van der Waals surface area contributed by atoms with E-state index in [-0.39, 0.29) is 17.6 Å². The molecule has 0 aliphatic carbocycles. The molecule has 2 aromatic carbocycles. The fourth-order valence-corrected chi connectivity index (χ4v) is 2.38. The highest BCUT2D eigenvalue weighted by atomic mass is 19.1. The normalized spacial score (nSPS) is 12.2. The molecule has 0 saturated carbocycles. The molecule has 1 unspecified atom stereocenters. The minimum Gasteiger partial charge on any atom is -0.494 e. The van der Waals surface area contributed by atoms with Crippen LogP contribution >= 0.6 is 0 Å². The first-order valence-corrected chi connectivity index (χ1v) is 7.14. The predicted molar refractivity (Wildman–Crippen MR) is 84.1 cm³/mol. The minimum absolute atomic E-state index is 0.0751. The third kappa shape index (κ3) is 3.82. The van der Waals surface area contributed by atoms with E-state index >= 15 is 0 Å². The summed E-state index contributed by atoms with van der Waals surface area (Å²) in [4.78, 5) is 0. The van der Waals surface area contributed by atoms with Gasteiger partial charge in [-0.25, -0.2) is 4.39 Å². The Morgan fingerprint density at radius 3 is 2.52 bits per heavy atom. The minimum atomic E-state index is -0.324. The van der Waals surface area contributed by atoms with Crippen molar-refractivity contribution in [2.24, 2.45) is 0 Å². The van der Waals surface area contributed by atoms with Gasteiger partial charge in [0, 0.05) is 12.6 Å². The van der Waals surface area contributed by atoms with Crippen LogP contribution in [0.15, 0.2) is 36.4 Å². The summed E-state index contributed by atoms with van der Waals surface area (Å²) in [6.45, 7) is 7.00. The third-order valence-corrected chi connectivity index (χ3v) is 3.77. The molecule has 0 amide bonds. The lowest BCUT2D eigenvalue weighted by Crippen LogP contribution is -2.18. The molecule has 0 fully saturated rings. The van der Waals surface area contributed by atoms with Crippen LogP contribution in [0.2, 0.25) is 0 Å². The molecule has 2 aromatic rings.